The molecule has 5 heteroatoms. The number of likely N-dealkylation sites (tertiary alicyclic amines) is 1. The summed E-state index contributed by atoms with van der Waals surface area (Å²) in [5.41, 5.74) is 5.22. The SMILES string of the molecule is CN(C)C1CCN(C(=O)C2(C(N)=S)CC2)CC1. The minimum atomic E-state index is -0.472. The van der Waals surface area contributed by atoms with Crippen LogP contribution in [-0.2, 0) is 4.79 Å². The monoisotopic (exact) mass is 255 g/mol. The molecule has 2 N–H and O–H groups in total. The fourth-order valence-corrected chi connectivity index (χ4v) is 2.87. The van der Waals surface area contributed by atoms with E-state index in [1.165, 1.54) is 0 Å². The van der Waals surface area contributed by atoms with Gasteiger partial charge in [-0.25, -0.2) is 0 Å². The van der Waals surface area contributed by atoms with Crippen molar-refractivity contribution in [3.63, 3.8) is 0 Å². The normalized spacial score (nSPS) is 23.8. The second kappa shape index (κ2) is 4.53. The highest BCUT2D eigenvalue weighted by Gasteiger charge is 2.54. The van der Waals surface area contributed by atoms with Gasteiger partial charge in [0.25, 0.3) is 0 Å². The van der Waals surface area contributed by atoms with Crippen LogP contribution >= 0.6 is 12.2 Å². The maximum Gasteiger partial charge on any atom is 0.235 e. The van der Waals surface area contributed by atoms with E-state index in [-0.39, 0.29) is 5.91 Å². The number of nitrogens with zero attached hydrogens (tertiary/aromatic N) is 2. The molecule has 0 aromatic heterocycles. The molecule has 1 aliphatic heterocycles. The van der Waals surface area contributed by atoms with E-state index in [9.17, 15) is 4.79 Å². The van der Waals surface area contributed by atoms with Crippen LogP contribution in [0.4, 0.5) is 0 Å². The fraction of sp³-hybridized carbons (Fsp3) is 0.833. The molecule has 0 atom stereocenters. The van der Waals surface area contributed by atoms with Gasteiger partial charge in [-0.1, -0.05) is 12.2 Å². The Kier molecular flexibility index (Phi) is 3.41. The highest BCUT2D eigenvalue weighted by Crippen LogP contribution is 2.47. The minimum absolute atomic E-state index is 0.169. The van der Waals surface area contributed by atoms with Crippen molar-refractivity contribution in [3.8, 4) is 0 Å². The summed E-state index contributed by atoms with van der Waals surface area (Å²) in [6.45, 7) is 1.68. The van der Waals surface area contributed by atoms with E-state index in [2.05, 4.69) is 19.0 Å². The molecule has 0 bridgehead atoms. The van der Waals surface area contributed by atoms with Crippen molar-refractivity contribution in [1.29, 1.82) is 0 Å². The van der Waals surface area contributed by atoms with E-state index in [4.69, 9.17) is 18.0 Å². The molecule has 2 aliphatic rings. The molecule has 0 aromatic rings. The fourth-order valence-electron chi connectivity index (χ4n) is 2.58. The number of carbonyl (C=O) groups is 1. The van der Waals surface area contributed by atoms with Crippen molar-refractivity contribution >= 4 is 23.1 Å². The number of hydrogen-bond donors (Lipinski definition) is 1. The Morgan fingerprint density at radius 1 is 1.35 bits per heavy atom. The molecule has 1 amide bonds. The first-order chi connectivity index (χ1) is 7.97. The van der Waals surface area contributed by atoms with Crippen LogP contribution in [0.25, 0.3) is 0 Å². The van der Waals surface area contributed by atoms with Crippen LogP contribution in [0.3, 0.4) is 0 Å². The number of nitrogens with two attached hydrogens (primary N) is 1. The summed E-state index contributed by atoms with van der Waals surface area (Å²) in [5.74, 6) is 0.169. The molecule has 0 aromatic carbocycles. The zero-order chi connectivity index (χ0) is 12.6. The Labute approximate surface area is 108 Å². The Hall–Kier alpha value is -0.680. The van der Waals surface area contributed by atoms with Gasteiger partial charge < -0.3 is 15.5 Å². The third kappa shape index (κ3) is 2.31. The first-order valence-corrected chi connectivity index (χ1v) is 6.64. The summed E-state index contributed by atoms with van der Waals surface area (Å²) >= 11 is 5.03. The number of hydrogen-bond acceptors (Lipinski definition) is 3. The molecule has 0 radical (unpaired) electrons. The maximum absolute atomic E-state index is 12.3. The molecule has 1 aliphatic carbocycles. The summed E-state index contributed by atoms with van der Waals surface area (Å²) in [4.78, 5) is 16.9. The quantitative estimate of drug-likeness (QED) is 0.751. The molecule has 0 unspecified atom stereocenters. The van der Waals surface area contributed by atoms with Crippen molar-refractivity contribution < 1.29 is 4.79 Å². The van der Waals surface area contributed by atoms with E-state index in [1.54, 1.807) is 0 Å². The number of carbonyl (C=O) groups excluding carboxylic acids is 1. The Morgan fingerprint density at radius 2 is 1.88 bits per heavy atom. The molecular formula is C12H21N3OS. The van der Waals surface area contributed by atoms with Crippen molar-refractivity contribution in [2.45, 2.75) is 31.7 Å². The lowest BCUT2D eigenvalue weighted by atomic mass is 10.00. The molecule has 2 rings (SSSR count). The zero-order valence-corrected chi connectivity index (χ0v) is 11.4. The highest BCUT2D eigenvalue weighted by atomic mass is 32.1. The number of thiocarbonyl (C=S) groups is 1. The Balaban J connectivity index is 1.93. The third-order valence-electron chi connectivity index (χ3n) is 4.11. The smallest absolute Gasteiger partial charge is 0.235 e. The number of amides is 1. The van der Waals surface area contributed by atoms with E-state index in [0.29, 0.717) is 11.0 Å². The molecular weight excluding hydrogens is 234 g/mol. The molecule has 1 heterocycles. The standard InChI is InChI=1S/C12H21N3OS/c1-14(2)9-3-7-15(8-4-9)11(16)12(5-6-12)10(13)17/h9H,3-8H2,1-2H3,(H2,13,17). The molecule has 2 fully saturated rings. The van der Waals surface area contributed by atoms with Crippen LogP contribution in [0, 0.1) is 5.41 Å². The lowest BCUT2D eigenvalue weighted by Gasteiger charge is -2.36. The predicted molar refractivity (Wildman–Crippen MR) is 71.7 cm³/mol. The molecule has 96 valence electrons. The molecule has 0 spiro atoms. The van der Waals surface area contributed by atoms with Gasteiger partial charge in [0.05, 0.1) is 10.4 Å². The van der Waals surface area contributed by atoms with Gasteiger partial charge in [0, 0.05) is 19.1 Å². The van der Waals surface area contributed by atoms with Crippen LogP contribution in [0.2, 0.25) is 0 Å². The second-order valence-corrected chi connectivity index (χ2v) is 5.87. The van der Waals surface area contributed by atoms with Gasteiger partial charge in [0.1, 0.15) is 0 Å². The summed E-state index contributed by atoms with van der Waals surface area (Å²) in [6.07, 6.45) is 3.78. The lowest BCUT2D eigenvalue weighted by Crippen LogP contribution is -2.49. The molecule has 4 nitrogen and oxygen atoms in total. The highest BCUT2D eigenvalue weighted by molar-refractivity contribution is 7.80. The largest absolute Gasteiger partial charge is 0.392 e. The van der Waals surface area contributed by atoms with Crippen LogP contribution in [0.1, 0.15) is 25.7 Å². The maximum atomic E-state index is 12.3. The molecule has 1 saturated carbocycles. The molecule has 17 heavy (non-hydrogen) atoms. The predicted octanol–water partition coefficient (Wildman–Crippen LogP) is 0.605. The average Bonchev–Trinajstić information content (AvgIpc) is 3.09. The lowest BCUT2D eigenvalue weighted by molar-refractivity contribution is -0.135. The van der Waals surface area contributed by atoms with Crippen molar-refractivity contribution in [3.05, 3.63) is 0 Å². The van der Waals surface area contributed by atoms with Gasteiger partial charge in [0.2, 0.25) is 5.91 Å². The zero-order valence-electron chi connectivity index (χ0n) is 10.6. The van der Waals surface area contributed by atoms with Gasteiger partial charge in [-0.2, -0.15) is 0 Å². The van der Waals surface area contributed by atoms with Gasteiger partial charge in [-0.3, -0.25) is 4.79 Å². The summed E-state index contributed by atoms with van der Waals surface area (Å²) in [6, 6.07) is 0.596. The first-order valence-electron chi connectivity index (χ1n) is 6.23. The average molecular weight is 255 g/mol. The van der Waals surface area contributed by atoms with Crippen LogP contribution in [0.15, 0.2) is 0 Å². The Bertz CT molecular complexity index is 331. The van der Waals surface area contributed by atoms with Crippen LogP contribution in [-0.4, -0.2) is 53.9 Å². The van der Waals surface area contributed by atoms with Gasteiger partial charge >= 0.3 is 0 Å². The van der Waals surface area contributed by atoms with E-state index in [0.717, 1.165) is 38.8 Å². The van der Waals surface area contributed by atoms with E-state index < -0.39 is 5.41 Å². The summed E-state index contributed by atoms with van der Waals surface area (Å²) < 4.78 is 0. The summed E-state index contributed by atoms with van der Waals surface area (Å²) in [7, 11) is 4.19. The first kappa shape index (κ1) is 12.8. The number of piperidine rings is 1. The van der Waals surface area contributed by atoms with E-state index >= 15 is 0 Å². The van der Waals surface area contributed by atoms with Gasteiger partial charge in [-0.05, 0) is 39.8 Å². The van der Waals surface area contributed by atoms with Crippen molar-refractivity contribution in [2.24, 2.45) is 11.1 Å². The van der Waals surface area contributed by atoms with Gasteiger partial charge in [0.15, 0.2) is 0 Å². The third-order valence-corrected chi connectivity index (χ3v) is 4.50. The summed E-state index contributed by atoms with van der Waals surface area (Å²) in [5, 5.41) is 0. The number of rotatable bonds is 3. The van der Waals surface area contributed by atoms with E-state index in [1.807, 2.05) is 4.90 Å². The van der Waals surface area contributed by atoms with Crippen LogP contribution < -0.4 is 5.73 Å². The van der Waals surface area contributed by atoms with Crippen molar-refractivity contribution in [2.75, 3.05) is 27.2 Å². The second-order valence-electron chi connectivity index (χ2n) is 5.43. The minimum Gasteiger partial charge on any atom is -0.392 e. The topological polar surface area (TPSA) is 49.6 Å². The Morgan fingerprint density at radius 3 is 2.24 bits per heavy atom. The van der Waals surface area contributed by atoms with Crippen LogP contribution in [0.5, 0.6) is 0 Å². The van der Waals surface area contributed by atoms with Gasteiger partial charge in [-0.15, -0.1) is 0 Å². The molecule has 1 saturated heterocycles. The van der Waals surface area contributed by atoms with Crippen molar-refractivity contribution in [1.82, 2.24) is 9.80 Å².